The van der Waals surface area contributed by atoms with Crippen molar-refractivity contribution in [3.8, 4) is 0 Å². The van der Waals surface area contributed by atoms with Crippen LogP contribution < -0.4 is 11.1 Å². The molecule has 0 aromatic rings. The summed E-state index contributed by atoms with van der Waals surface area (Å²) in [5.41, 5.74) is 5.16. The van der Waals surface area contributed by atoms with Crippen LogP contribution in [0, 0.1) is 5.92 Å². The Kier molecular flexibility index (Phi) is 2.27. The van der Waals surface area contributed by atoms with Gasteiger partial charge in [0.25, 0.3) is 0 Å². The Morgan fingerprint density at radius 3 is 2.80 bits per heavy atom. The molecule has 0 aromatic heterocycles. The van der Waals surface area contributed by atoms with Crippen LogP contribution in [-0.2, 0) is 4.79 Å². The number of hydrogen-bond acceptors (Lipinski definition) is 2. The Labute approximate surface area is 61.0 Å². The highest BCUT2D eigenvalue weighted by atomic mass is 16.1. The zero-order valence-electron chi connectivity index (χ0n) is 6.26. The Hall–Kier alpha value is -0.570. The Morgan fingerprint density at radius 2 is 2.40 bits per heavy atom. The Balaban J connectivity index is 2.39. The van der Waals surface area contributed by atoms with Crippen LogP contribution in [0.15, 0.2) is 0 Å². The summed E-state index contributed by atoms with van der Waals surface area (Å²) in [7, 11) is 0. The number of hydrogen-bond donors (Lipinski definition) is 2. The highest BCUT2D eigenvalue weighted by Crippen LogP contribution is 2.14. The van der Waals surface area contributed by atoms with Crippen LogP contribution in [0.4, 0.5) is 0 Å². The predicted molar refractivity (Wildman–Crippen MR) is 39.4 cm³/mol. The molecule has 3 N–H and O–H groups in total. The molecule has 0 aliphatic carbocycles. The normalized spacial score (nSPS) is 33.7. The summed E-state index contributed by atoms with van der Waals surface area (Å²) in [6.07, 6.45) is 1.80. The van der Waals surface area contributed by atoms with E-state index in [4.69, 9.17) is 5.73 Å². The molecule has 1 aliphatic heterocycles. The lowest BCUT2D eigenvalue weighted by molar-refractivity contribution is -0.122. The summed E-state index contributed by atoms with van der Waals surface area (Å²) in [6, 6.07) is 0.450. The molecule has 0 saturated carbocycles. The quantitative estimate of drug-likeness (QED) is 0.535. The van der Waals surface area contributed by atoms with E-state index in [1.807, 2.05) is 0 Å². The van der Waals surface area contributed by atoms with Gasteiger partial charge in [0.2, 0.25) is 5.91 Å². The molecular weight excluding hydrogens is 128 g/mol. The molecule has 0 aromatic carbocycles. The topological polar surface area (TPSA) is 55.1 Å². The summed E-state index contributed by atoms with van der Waals surface area (Å²) in [5, 5.41) is 3.26. The van der Waals surface area contributed by atoms with Crippen molar-refractivity contribution < 1.29 is 4.79 Å². The third-order valence-electron chi connectivity index (χ3n) is 2.03. The average Bonchev–Trinajstić information content (AvgIpc) is 1.88. The maximum Gasteiger partial charge on any atom is 0.220 e. The number of primary amides is 1. The van der Waals surface area contributed by atoms with Crippen molar-refractivity contribution in [1.29, 1.82) is 0 Å². The minimum Gasteiger partial charge on any atom is -0.369 e. The lowest BCUT2D eigenvalue weighted by atomic mass is 9.93. The number of nitrogens with two attached hydrogens (primary N) is 1. The van der Waals surface area contributed by atoms with E-state index < -0.39 is 0 Å². The van der Waals surface area contributed by atoms with Crippen LogP contribution in [0.3, 0.4) is 0 Å². The third-order valence-corrected chi connectivity index (χ3v) is 2.03. The van der Waals surface area contributed by atoms with E-state index >= 15 is 0 Å². The molecule has 0 spiro atoms. The smallest absolute Gasteiger partial charge is 0.220 e. The molecule has 3 nitrogen and oxygen atoms in total. The highest BCUT2D eigenvalue weighted by molar-refractivity contribution is 5.76. The SMILES string of the molecule is C[C@H]1C[C@@H](C(N)=O)CCN1. The van der Waals surface area contributed by atoms with E-state index in [0.29, 0.717) is 6.04 Å². The largest absolute Gasteiger partial charge is 0.369 e. The summed E-state index contributed by atoms with van der Waals surface area (Å²) in [5.74, 6) is -0.0374. The zero-order valence-corrected chi connectivity index (χ0v) is 6.26. The summed E-state index contributed by atoms with van der Waals surface area (Å²) in [6.45, 7) is 3.00. The van der Waals surface area contributed by atoms with Gasteiger partial charge in [-0.05, 0) is 26.3 Å². The van der Waals surface area contributed by atoms with Crippen LogP contribution >= 0.6 is 0 Å². The fraction of sp³-hybridized carbons (Fsp3) is 0.857. The first-order valence-corrected chi connectivity index (χ1v) is 3.73. The van der Waals surface area contributed by atoms with Gasteiger partial charge in [0.15, 0.2) is 0 Å². The Morgan fingerprint density at radius 1 is 1.70 bits per heavy atom. The van der Waals surface area contributed by atoms with Gasteiger partial charge in [0.05, 0.1) is 0 Å². The maximum atomic E-state index is 10.7. The van der Waals surface area contributed by atoms with Crippen molar-refractivity contribution in [2.45, 2.75) is 25.8 Å². The van der Waals surface area contributed by atoms with Crippen LogP contribution in [-0.4, -0.2) is 18.5 Å². The van der Waals surface area contributed by atoms with E-state index in [2.05, 4.69) is 12.2 Å². The van der Waals surface area contributed by atoms with Gasteiger partial charge in [-0.2, -0.15) is 0 Å². The molecule has 1 saturated heterocycles. The molecule has 3 heteroatoms. The van der Waals surface area contributed by atoms with Crippen molar-refractivity contribution in [2.24, 2.45) is 11.7 Å². The van der Waals surface area contributed by atoms with Crippen molar-refractivity contribution in [1.82, 2.24) is 5.32 Å². The number of piperidine rings is 1. The number of nitrogens with one attached hydrogen (secondary N) is 1. The monoisotopic (exact) mass is 142 g/mol. The van der Waals surface area contributed by atoms with Gasteiger partial charge in [0, 0.05) is 12.0 Å². The maximum absolute atomic E-state index is 10.7. The van der Waals surface area contributed by atoms with E-state index in [-0.39, 0.29) is 11.8 Å². The molecule has 0 unspecified atom stereocenters. The van der Waals surface area contributed by atoms with Gasteiger partial charge in [-0.1, -0.05) is 0 Å². The number of carbonyl (C=O) groups excluding carboxylic acids is 1. The van der Waals surface area contributed by atoms with Gasteiger partial charge in [-0.3, -0.25) is 4.79 Å². The second kappa shape index (κ2) is 3.01. The lowest BCUT2D eigenvalue weighted by Gasteiger charge is -2.25. The van der Waals surface area contributed by atoms with Gasteiger partial charge >= 0.3 is 0 Å². The molecule has 10 heavy (non-hydrogen) atoms. The highest BCUT2D eigenvalue weighted by Gasteiger charge is 2.21. The molecule has 1 amide bonds. The van der Waals surface area contributed by atoms with E-state index in [1.165, 1.54) is 0 Å². The van der Waals surface area contributed by atoms with E-state index in [0.717, 1.165) is 19.4 Å². The summed E-state index contributed by atoms with van der Waals surface area (Å²) < 4.78 is 0. The van der Waals surface area contributed by atoms with Crippen LogP contribution in [0.2, 0.25) is 0 Å². The van der Waals surface area contributed by atoms with Crippen LogP contribution in [0.5, 0.6) is 0 Å². The number of rotatable bonds is 1. The van der Waals surface area contributed by atoms with Gasteiger partial charge < -0.3 is 11.1 Å². The molecule has 1 aliphatic rings. The molecule has 1 rings (SSSR count). The fourth-order valence-corrected chi connectivity index (χ4v) is 1.39. The summed E-state index contributed by atoms with van der Waals surface area (Å²) >= 11 is 0. The third kappa shape index (κ3) is 1.70. The second-order valence-corrected chi connectivity index (χ2v) is 2.98. The van der Waals surface area contributed by atoms with Crippen molar-refractivity contribution in [3.63, 3.8) is 0 Å². The van der Waals surface area contributed by atoms with Crippen LogP contribution in [0.25, 0.3) is 0 Å². The zero-order chi connectivity index (χ0) is 7.56. The van der Waals surface area contributed by atoms with E-state index in [1.54, 1.807) is 0 Å². The minimum atomic E-state index is -0.145. The molecule has 0 bridgehead atoms. The molecule has 1 fully saturated rings. The van der Waals surface area contributed by atoms with E-state index in [9.17, 15) is 4.79 Å². The molecule has 0 radical (unpaired) electrons. The fourth-order valence-electron chi connectivity index (χ4n) is 1.39. The Bertz CT molecular complexity index is 136. The number of amides is 1. The van der Waals surface area contributed by atoms with Crippen molar-refractivity contribution >= 4 is 5.91 Å². The minimum absolute atomic E-state index is 0.108. The van der Waals surface area contributed by atoms with Gasteiger partial charge in [-0.15, -0.1) is 0 Å². The molecule has 2 atom stereocenters. The van der Waals surface area contributed by atoms with Crippen molar-refractivity contribution in [3.05, 3.63) is 0 Å². The molecular formula is C7H14N2O. The first kappa shape index (κ1) is 7.54. The van der Waals surface area contributed by atoms with Gasteiger partial charge in [0.1, 0.15) is 0 Å². The van der Waals surface area contributed by atoms with Crippen LogP contribution in [0.1, 0.15) is 19.8 Å². The van der Waals surface area contributed by atoms with Crippen molar-refractivity contribution in [2.75, 3.05) is 6.54 Å². The predicted octanol–water partition coefficient (Wildman–Crippen LogP) is -0.140. The number of carbonyl (C=O) groups is 1. The second-order valence-electron chi connectivity index (χ2n) is 2.98. The standard InChI is InChI=1S/C7H14N2O/c1-5-4-6(7(8)10)2-3-9-5/h5-6,9H,2-4H2,1H3,(H2,8,10)/t5-,6-/m0/s1. The first-order chi connectivity index (χ1) is 4.70. The lowest BCUT2D eigenvalue weighted by Crippen LogP contribution is -2.40. The molecule has 58 valence electrons. The summed E-state index contributed by atoms with van der Waals surface area (Å²) in [4.78, 5) is 10.7. The first-order valence-electron chi connectivity index (χ1n) is 3.73. The average molecular weight is 142 g/mol. The van der Waals surface area contributed by atoms with Gasteiger partial charge in [-0.25, -0.2) is 0 Å². The molecule has 1 heterocycles.